The molecule has 2 nitrogen and oxygen atoms in total. The van der Waals surface area contributed by atoms with Gasteiger partial charge in [-0.15, -0.1) is 0 Å². The van der Waals surface area contributed by atoms with Gasteiger partial charge in [-0.2, -0.15) is 0 Å². The molecular formula is C9H13ClO2S. The summed E-state index contributed by atoms with van der Waals surface area (Å²) in [5.41, 5.74) is 0.417. The average Bonchev–Trinajstić information content (AvgIpc) is 1.64. The summed E-state index contributed by atoms with van der Waals surface area (Å²) in [6, 6.07) is 0. The lowest BCUT2D eigenvalue weighted by molar-refractivity contribution is -0.150. The van der Waals surface area contributed by atoms with Gasteiger partial charge < -0.3 is 0 Å². The second kappa shape index (κ2) is 2.08. The first-order valence-electron chi connectivity index (χ1n) is 4.92. The minimum absolute atomic E-state index is 0.417. The molecule has 0 aromatic carbocycles. The lowest BCUT2D eigenvalue weighted by Crippen LogP contribution is -2.72. The second-order valence-corrected chi connectivity index (χ2v) is 8.10. The summed E-state index contributed by atoms with van der Waals surface area (Å²) in [4.78, 5) is 0. The van der Waals surface area contributed by atoms with Crippen LogP contribution in [0.1, 0.15) is 38.5 Å². The Morgan fingerprint density at radius 2 is 1.69 bits per heavy atom. The molecule has 0 aromatic rings. The number of halogens is 1. The van der Waals surface area contributed by atoms with Crippen molar-refractivity contribution < 1.29 is 8.42 Å². The van der Waals surface area contributed by atoms with Crippen LogP contribution in [0, 0.1) is 11.3 Å². The molecule has 4 fully saturated rings. The van der Waals surface area contributed by atoms with E-state index in [9.17, 15) is 8.42 Å². The van der Waals surface area contributed by atoms with Crippen LogP contribution in [0.15, 0.2) is 0 Å². The van der Waals surface area contributed by atoms with Gasteiger partial charge >= 0.3 is 0 Å². The van der Waals surface area contributed by atoms with Crippen LogP contribution < -0.4 is 0 Å². The first-order valence-corrected chi connectivity index (χ1v) is 7.23. The summed E-state index contributed by atoms with van der Waals surface area (Å²) in [5.74, 6) is 0.827. The third-order valence-electron chi connectivity index (χ3n) is 4.51. The molecule has 4 aliphatic carbocycles. The van der Waals surface area contributed by atoms with Crippen LogP contribution in [0.2, 0.25) is 0 Å². The van der Waals surface area contributed by atoms with E-state index in [1.165, 1.54) is 19.3 Å². The Morgan fingerprint density at radius 1 is 1.15 bits per heavy atom. The van der Waals surface area contributed by atoms with Gasteiger partial charge in [0.05, 0.1) is 4.75 Å². The van der Waals surface area contributed by atoms with Crippen LogP contribution >= 0.6 is 10.7 Å². The summed E-state index contributed by atoms with van der Waals surface area (Å²) in [7, 11) is 2.13. The predicted octanol–water partition coefficient (Wildman–Crippen LogP) is 2.28. The van der Waals surface area contributed by atoms with Crippen LogP contribution in [-0.2, 0) is 9.05 Å². The van der Waals surface area contributed by atoms with E-state index in [4.69, 9.17) is 10.7 Å². The quantitative estimate of drug-likeness (QED) is 0.670. The van der Waals surface area contributed by atoms with E-state index < -0.39 is 13.8 Å². The molecule has 0 saturated heterocycles. The summed E-state index contributed by atoms with van der Waals surface area (Å²) >= 11 is 0. The molecule has 0 radical (unpaired) electrons. The molecule has 0 spiro atoms. The van der Waals surface area contributed by atoms with Crippen molar-refractivity contribution in [2.24, 2.45) is 11.3 Å². The molecule has 0 aliphatic heterocycles. The number of hydrogen-bond acceptors (Lipinski definition) is 2. The van der Waals surface area contributed by atoms with Gasteiger partial charge in [0.25, 0.3) is 0 Å². The molecule has 0 N–H and O–H groups in total. The van der Waals surface area contributed by atoms with Crippen molar-refractivity contribution in [1.29, 1.82) is 0 Å². The minimum Gasteiger partial charge on any atom is -0.212 e. The minimum atomic E-state index is -3.28. The van der Waals surface area contributed by atoms with Gasteiger partial charge in [-0.25, -0.2) is 8.42 Å². The lowest BCUT2D eigenvalue weighted by atomic mass is 9.37. The molecule has 0 atom stereocenters. The van der Waals surface area contributed by atoms with Crippen LogP contribution in [0.4, 0.5) is 0 Å². The second-order valence-electron chi connectivity index (χ2n) is 5.14. The normalized spacial score (nSPS) is 49.0. The maximum Gasteiger partial charge on any atom is 0.238 e. The topological polar surface area (TPSA) is 34.1 Å². The van der Waals surface area contributed by atoms with E-state index in [1.54, 1.807) is 0 Å². The van der Waals surface area contributed by atoms with E-state index in [0.29, 0.717) is 5.41 Å². The third kappa shape index (κ3) is 0.834. The Hall–Kier alpha value is 0.240. The van der Waals surface area contributed by atoms with E-state index in [1.807, 2.05) is 0 Å². The lowest BCUT2D eigenvalue weighted by Gasteiger charge is -2.72. The van der Waals surface area contributed by atoms with Crippen molar-refractivity contribution in [3.63, 3.8) is 0 Å². The SMILES string of the molecule is O=S(=O)(Cl)C12CC(C3CCC3)(C1)C2. The summed E-state index contributed by atoms with van der Waals surface area (Å²) in [6.07, 6.45) is 6.55. The number of rotatable bonds is 2. The van der Waals surface area contributed by atoms with Crippen molar-refractivity contribution in [2.45, 2.75) is 43.3 Å². The fourth-order valence-electron chi connectivity index (χ4n) is 3.48. The highest BCUT2D eigenvalue weighted by Gasteiger charge is 2.75. The first-order chi connectivity index (χ1) is 5.98. The van der Waals surface area contributed by atoms with E-state index in [2.05, 4.69) is 0 Å². The van der Waals surface area contributed by atoms with Crippen molar-refractivity contribution in [3.05, 3.63) is 0 Å². The predicted molar refractivity (Wildman–Crippen MR) is 51.1 cm³/mol. The monoisotopic (exact) mass is 220 g/mol. The van der Waals surface area contributed by atoms with E-state index in [-0.39, 0.29) is 0 Å². The fraction of sp³-hybridized carbons (Fsp3) is 1.00. The van der Waals surface area contributed by atoms with Crippen molar-refractivity contribution in [1.82, 2.24) is 0 Å². The Bertz CT molecular complexity index is 336. The molecule has 0 heterocycles. The highest BCUT2D eigenvalue weighted by Crippen LogP contribution is 2.76. The van der Waals surface area contributed by atoms with Crippen molar-refractivity contribution in [3.8, 4) is 0 Å². The standard InChI is InChI=1S/C9H13ClO2S/c10-13(11,12)9-4-8(5-9,6-9)7-2-1-3-7/h7H,1-6H2. The van der Waals surface area contributed by atoms with Crippen LogP contribution in [0.5, 0.6) is 0 Å². The van der Waals surface area contributed by atoms with Gasteiger partial charge in [0.15, 0.2) is 0 Å². The maximum absolute atomic E-state index is 11.2. The molecule has 0 aromatic heterocycles. The van der Waals surface area contributed by atoms with Gasteiger partial charge in [-0.1, -0.05) is 6.42 Å². The Labute approximate surface area is 83.1 Å². The van der Waals surface area contributed by atoms with Crippen molar-refractivity contribution in [2.75, 3.05) is 0 Å². The smallest absolute Gasteiger partial charge is 0.212 e. The molecule has 13 heavy (non-hydrogen) atoms. The summed E-state index contributed by atoms with van der Waals surface area (Å²) < 4.78 is 21.9. The summed E-state index contributed by atoms with van der Waals surface area (Å²) in [6.45, 7) is 0. The molecule has 2 bridgehead atoms. The maximum atomic E-state index is 11.2. The zero-order valence-electron chi connectivity index (χ0n) is 7.42. The molecule has 4 heteroatoms. The zero-order valence-corrected chi connectivity index (χ0v) is 9.00. The highest BCUT2D eigenvalue weighted by molar-refractivity contribution is 8.15. The largest absolute Gasteiger partial charge is 0.238 e. The van der Waals surface area contributed by atoms with E-state index in [0.717, 1.165) is 25.2 Å². The van der Waals surface area contributed by atoms with Crippen LogP contribution in [-0.4, -0.2) is 13.2 Å². The Balaban J connectivity index is 1.76. The Morgan fingerprint density at radius 3 is 2.00 bits per heavy atom. The van der Waals surface area contributed by atoms with E-state index >= 15 is 0 Å². The van der Waals surface area contributed by atoms with Gasteiger partial charge in [0, 0.05) is 10.7 Å². The molecule has 0 amide bonds. The molecule has 4 saturated carbocycles. The molecular weight excluding hydrogens is 208 g/mol. The van der Waals surface area contributed by atoms with Gasteiger partial charge in [-0.05, 0) is 43.4 Å². The first kappa shape index (κ1) is 8.54. The average molecular weight is 221 g/mol. The number of hydrogen-bond donors (Lipinski definition) is 0. The van der Waals surface area contributed by atoms with Gasteiger partial charge in [0.1, 0.15) is 0 Å². The molecule has 4 aliphatic rings. The van der Waals surface area contributed by atoms with Crippen LogP contribution in [0.3, 0.4) is 0 Å². The highest BCUT2D eigenvalue weighted by atomic mass is 35.7. The van der Waals surface area contributed by atoms with Gasteiger partial charge in [-0.3, -0.25) is 0 Å². The van der Waals surface area contributed by atoms with Gasteiger partial charge in [0.2, 0.25) is 9.05 Å². The molecule has 0 unspecified atom stereocenters. The molecule has 4 rings (SSSR count). The van der Waals surface area contributed by atoms with Crippen molar-refractivity contribution >= 4 is 19.7 Å². The zero-order chi connectivity index (χ0) is 9.32. The Kier molecular flexibility index (Phi) is 1.37. The summed E-state index contributed by atoms with van der Waals surface area (Å²) in [5, 5.41) is 0. The molecule has 74 valence electrons. The third-order valence-corrected chi connectivity index (χ3v) is 6.96. The fourth-order valence-corrected chi connectivity index (χ4v) is 5.35. The van der Waals surface area contributed by atoms with Crippen LogP contribution in [0.25, 0.3) is 0 Å².